The first-order valence-corrected chi connectivity index (χ1v) is 7.20. The maximum absolute atomic E-state index is 12.1. The van der Waals surface area contributed by atoms with Crippen LogP contribution < -0.4 is 10.5 Å². The topological polar surface area (TPSA) is 55.6 Å². The fraction of sp³-hybridized carbons (Fsp3) is 0.467. The van der Waals surface area contributed by atoms with E-state index in [1.54, 1.807) is 24.3 Å². The third-order valence-electron chi connectivity index (χ3n) is 3.61. The highest BCUT2D eigenvalue weighted by Crippen LogP contribution is 2.22. The minimum absolute atomic E-state index is 0.0419. The third-order valence-corrected chi connectivity index (χ3v) is 3.84. The summed E-state index contributed by atoms with van der Waals surface area (Å²) >= 11 is 4.88. The first kappa shape index (κ1) is 14.8. The van der Waals surface area contributed by atoms with Gasteiger partial charge in [-0.05, 0) is 43.5 Å². The third kappa shape index (κ3) is 3.48. The lowest BCUT2D eigenvalue weighted by Gasteiger charge is -2.21. The van der Waals surface area contributed by atoms with Gasteiger partial charge < -0.3 is 15.4 Å². The predicted octanol–water partition coefficient (Wildman–Crippen LogP) is 1.96. The number of nitrogens with two attached hydrogens (primary N) is 1. The molecule has 2 N–H and O–H groups in total. The number of rotatable bonds is 4. The summed E-state index contributed by atoms with van der Waals surface area (Å²) in [5.41, 5.74) is 6.32. The van der Waals surface area contributed by atoms with Gasteiger partial charge in [0.1, 0.15) is 10.7 Å². The van der Waals surface area contributed by atoms with Gasteiger partial charge in [-0.2, -0.15) is 0 Å². The average Bonchev–Trinajstić information content (AvgIpc) is 2.75. The minimum atomic E-state index is 0.0419. The Morgan fingerprint density at radius 1 is 1.40 bits per heavy atom. The van der Waals surface area contributed by atoms with Crippen LogP contribution in [0.4, 0.5) is 0 Å². The summed E-state index contributed by atoms with van der Waals surface area (Å²) in [5.74, 6) is 1.26. The Balaban J connectivity index is 1.88. The van der Waals surface area contributed by atoms with Gasteiger partial charge in [-0.15, -0.1) is 0 Å². The molecule has 0 aromatic heterocycles. The van der Waals surface area contributed by atoms with Crippen molar-refractivity contribution in [3.8, 4) is 5.75 Å². The van der Waals surface area contributed by atoms with Crippen molar-refractivity contribution in [2.24, 2.45) is 11.7 Å². The number of amides is 1. The van der Waals surface area contributed by atoms with Gasteiger partial charge in [0.05, 0.1) is 0 Å². The monoisotopic (exact) mass is 292 g/mol. The Morgan fingerprint density at radius 2 is 2.05 bits per heavy atom. The van der Waals surface area contributed by atoms with E-state index in [0.29, 0.717) is 22.7 Å². The van der Waals surface area contributed by atoms with E-state index in [1.807, 2.05) is 4.90 Å². The van der Waals surface area contributed by atoms with Gasteiger partial charge in [-0.1, -0.05) is 19.1 Å². The highest BCUT2D eigenvalue weighted by Gasteiger charge is 2.29. The van der Waals surface area contributed by atoms with Crippen LogP contribution in [0.5, 0.6) is 5.75 Å². The molecule has 1 aromatic carbocycles. The molecule has 1 saturated heterocycles. The van der Waals surface area contributed by atoms with Crippen molar-refractivity contribution in [2.75, 3.05) is 13.2 Å². The van der Waals surface area contributed by atoms with Crippen LogP contribution in [0.2, 0.25) is 0 Å². The Hall–Kier alpha value is -1.62. The van der Waals surface area contributed by atoms with E-state index >= 15 is 0 Å². The summed E-state index contributed by atoms with van der Waals surface area (Å²) in [5, 5.41) is 0. The van der Waals surface area contributed by atoms with Crippen molar-refractivity contribution in [2.45, 2.75) is 26.3 Å². The van der Waals surface area contributed by atoms with Gasteiger partial charge in [-0.3, -0.25) is 4.79 Å². The van der Waals surface area contributed by atoms with Crippen LogP contribution in [0.25, 0.3) is 0 Å². The van der Waals surface area contributed by atoms with Crippen molar-refractivity contribution in [3.05, 3.63) is 29.8 Å². The zero-order valence-corrected chi connectivity index (χ0v) is 12.7. The summed E-state index contributed by atoms with van der Waals surface area (Å²) in [6, 6.07) is 7.44. The predicted molar refractivity (Wildman–Crippen MR) is 82.8 cm³/mol. The standard InChI is InChI=1S/C15H20N2O2S/c1-10-7-11(2)17(8-10)14(18)9-19-13-5-3-12(4-6-13)15(16)20/h3-6,10-11H,7-9H2,1-2H3,(H2,16,20). The van der Waals surface area contributed by atoms with E-state index in [-0.39, 0.29) is 12.5 Å². The van der Waals surface area contributed by atoms with Gasteiger partial charge in [0, 0.05) is 18.2 Å². The number of thiocarbonyl (C=S) groups is 1. The van der Waals surface area contributed by atoms with Crippen molar-refractivity contribution >= 4 is 23.1 Å². The van der Waals surface area contributed by atoms with Crippen LogP contribution in [-0.4, -0.2) is 35.0 Å². The molecule has 4 nitrogen and oxygen atoms in total. The maximum atomic E-state index is 12.1. The van der Waals surface area contributed by atoms with Crippen LogP contribution in [-0.2, 0) is 4.79 Å². The summed E-state index contributed by atoms with van der Waals surface area (Å²) in [7, 11) is 0. The molecule has 108 valence electrons. The maximum Gasteiger partial charge on any atom is 0.260 e. The van der Waals surface area contributed by atoms with Crippen LogP contribution in [0, 0.1) is 5.92 Å². The zero-order valence-electron chi connectivity index (χ0n) is 11.8. The normalized spacial score (nSPS) is 21.8. The number of hydrogen-bond acceptors (Lipinski definition) is 3. The molecule has 2 atom stereocenters. The summed E-state index contributed by atoms with van der Waals surface area (Å²) in [4.78, 5) is 14.4. The van der Waals surface area contributed by atoms with E-state index in [4.69, 9.17) is 22.7 Å². The van der Waals surface area contributed by atoms with Crippen LogP contribution in [0.1, 0.15) is 25.8 Å². The molecule has 1 aliphatic rings. The highest BCUT2D eigenvalue weighted by atomic mass is 32.1. The van der Waals surface area contributed by atoms with E-state index < -0.39 is 0 Å². The summed E-state index contributed by atoms with van der Waals surface area (Å²) in [6.07, 6.45) is 1.06. The van der Waals surface area contributed by atoms with Crippen molar-refractivity contribution in [1.29, 1.82) is 0 Å². The van der Waals surface area contributed by atoms with Gasteiger partial charge in [-0.25, -0.2) is 0 Å². The minimum Gasteiger partial charge on any atom is -0.484 e. The van der Waals surface area contributed by atoms with Gasteiger partial charge in [0.2, 0.25) is 0 Å². The quantitative estimate of drug-likeness (QED) is 0.862. The largest absolute Gasteiger partial charge is 0.484 e. The Labute approximate surface area is 124 Å². The van der Waals surface area contributed by atoms with E-state index in [2.05, 4.69) is 13.8 Å². The Kier molecular flexibility index (Phi) is 4.60. The number of benzene rings is 1. The summed E-state index contributed by atoms with van der Waals surface area (Å²) in [6.45, 7) is 5.14. The second-order valence-corrected chi connectivity index (χ2v) is 5.85. The fourth-order valence-electron chi connectivity index (χ4n) is 2.59. The number of carbonyl (C=O) groups excluding carboxylic acids is 1. The zero-order chi connectivity index (χ0) is 14.7. The molecule has 0 aliphatic carbocycles. The highest BCUT2D eigenvalue weighted by molar-refractivity contribution is 7.80. The first-order chi connectivity index (χ1) is 9.47. The SMILES string of the molecule is CC1CC(C)N(C(=O)COc2ccc(C(N)=S)cc2)C1. The molecule has 1 aromatic rings. The van der Waals surface area contributed by atoms with Gasteiger partial charge in [0.25, 0.3) is 5.91 Å². The van der Waals surface area contributed by atoms with Crippen molar-refractivity contribution in [1.82, 2.24) is 4.90 Å². The fourth-order valence-corrected chi connectivity index (χ4v) is 2.73. The molecule has 20 heavy (non-hydrogen) atoms. The summed E-state index contributed by atoms with van der Waals surface area (Å²) < 4.78 is 5.52. The Morgan fingerprint density at radius 3 is 2.55 bits per heavy atom. The number of hydrogen-bond donors (Lipinski definition) is 1. The molecule has 2 unspecified atom stereocenters. The van der Waals surface area contributed by atoms with Gasteiger partial charge in [0.15, 0.2) is 6.61 Å². The average molecular weight is 292 g/mol. The first-order valence-electron chi connectivity index (χ1n) is 6.79. The number of carbonyl (C=O) groups is 1. The van der Waals surface area contributed by atoms with E-state index in [0.717, 1.165) is 18.5 Å². The molecule has 5 heteroatoms. The second kappa shape index (κ2) is 6.22. The molecule has 0 bridgehead atoms. The second-order valence-electron chi connectivity index (χ2n) is 5.41. The molecule has 1 heterocycles. The molecular weight excluding hydrogens is 272 g/mol. The molecular formula is C15H20N2O2S. The van der Waals surface area contributed by atoms with Crippen LogP contribution in [0.15, 0.2) is 24.3 Å². The lowest BCUT2D eigenvalue weighted by molar-refractivity contribution is -0.134. The van der Waals surface area contributed by atoms with Crippen molar-refractivity contribution < 1.29 is 9.53 Å². The van der Waals surface area contributed by atoms with Crippen LogP contribution >= 0.6 is 12.2 Å². The van der Waals surface area contributed by atoms with Gasteiger partial charge >= 0.3 is 0 Å². The van der Waals surface area contributed by atoms with Crippen LogP contribution in [0.3, 0.4) is 0 Å². The van der Waals surface area contributed by atoms with Crippen molar-refractivity contribution in [3.63, 3.8) is 0 Å². The molecule has 2 rings (SSSR count). The molecule has 0 spiro atoms. The number of likely N-dealkylation sites (tertiary alicyclic amines) is 1. The smallest absolute Gasteiger partial charge is 0.260 e. The molecule has 1 aliphatic heterocycles. The molecule has 0 radical (unpaired) electrons. The lowest BCUT2D eigenvalue weighted by atomic mass is 10.1. The lowest BCUT2D eigenvalue weighted by Crippen LogP contribution is -2.37. The molecule has 1 amide bonds. The molecule has 1 fully saturated rings. The number of nitrogens with zero attached hydrogens (tertiary/aromatic N) is 1. The van der Waals surface area contributed by atoms with E-state index in [9.17, 15) is 4.79 Å². The number of ether oxygens (including phenoxy) is 1. The molecule has 0 saturated carbocycles. The van der Waals surface area contributed by atoms with E-state index in [1.165, 1.54) is 0 Å². The Bertz CT molecular complexity index is 501.